The van der Waals surface area contributed by atoms with Gasteiger partial charge in [-0.3, -0.25) is 4.79 Å². The molecular weight excluding hydrogens is 664 g/mol. The lowest BCUT2D eigenvalue weighted by Crippen LogP contribution is -2.59. The fourth-order valence-electron chi connectivity index (χ4n) is 8.55. The van der Waals surface area contributed by atoms with Crippen molar-refractivity contribution in [2.75, 3.05) is 21.2 Å². The second-order valence-corrected chi connectivity index (χ2v) is 16.3. The lowest BCUT2D eigenvalue weighted by Gasteiger charge is -2.47. The summed E-state index contributed by atoms with van der Waals surface area (Å²) < 4.78 is 37.6. The normalized spacial score (nSPS) is 49.1. The van der Waals surface area contributed by atoms with Crippen molar-refractivity contribution >= 4 is 11.7 Å². The van der Waals surface area contributed by atoms with Gasteiger partial charge in [0.1, 0.15) is 23.9 Å². The Bertz CT molecular complexity index is 1160. The number of esters is 1. The maximum Gasteiger partial charge on any atom is 0.311 e. The predicted molar refractivity (Wildman–Crippen MR) is 189 cm³/mol. The van der Waals surface area contributed by atoms with E-state index < -0.39 is 90.2 Å². The fraction of sp³-hybridized carbons (Fsp3) is 0.946. The van der Waals surface area contributed by atoms with Crippen LogP contribution in [0.15, 0.2) is 5.16 Å². The standard InChI is InChI=1S/C37H68N2O12/c1-14-26-37(10,44)32(41)21(5)28(38-45)18(2)15-19(3)30(51-35-29(40)25(39(11)12)16-20(4)47-35)22(6)31(23(7)34(43)49-26)50-27-17-36(9,46-13)33(42)24(8)48-27/h18-27,29-33,35,40-42,44-45H,14-17H2,1-13H3/b38-28+/t18-,19+,20-,21+,22-,23-,24+,25+,26-,27+,29-,30+,31+,32-,33+,35+,36-,37-/m1/s1. The molecule has 0 aliphatic carbocycles. The fourth-order valence-corrected chi connectivity index (χ4v) is 8.55. The molecule has 3 fully saturated rings. The minimum atomic E-state index is -1.89. The van der Waals surface area contributed by atoms with E-state index in [1.807, 2.05) is 46.7 Å². The molecule has 0 aromatic heterocycles. The first-order valence-electron chi connectivity index (χ1n) is 18.7. The Balaban J connectivity index is 2.16. The highest BCUT2D eigenvalue weighted by Crippen LogP contribution is 2.39. The van der Waals surface area contributed by atoms with E-state index in [4.69, 9.17) is 28.4 Å². The number of likely N-dealkylation sites (N-methyl/N-ethyl adjacent to an activating group) is 1. The first kappa shape index (κ1) is 43.9. The molecule has 3 aliphatic heterocycles. The van der Waals surface area contributed by atoms with Crippen molar-refractivity contribution < 1.29 is 58.8 Å². The molecule has 18 atom stereocenters. The molecule has 0 spiro atoms. The molecular formula is C37H68N2O12. The third-order valence-corrected chi connectivity index (χ3v) is 12.0. The van der Waals surface area contributed by atoms with E-state index >= 15 is 0 Å². The summed E-state index contributed by atoms with van der Waals surface area (Å²) in [5, 5.41) is 59.4. The van der Waals surface area contributed by atoms with Crippen molar-refractivity contribution in [1.82, 2.24) is 4.90 Å². The van der Waals surface area contributed by atoms with Gasteiger partial charge in [0.2, 0.25) is 0 Å². The number of methoxy groups -OCH3 is 1. The van der Waals surface area contributed by atoms with Gasteiger partial charge in [0, 0.05) is 31.4 Å². The Morgan fingerprint density at radius 3 is 2.10 bits per heavy atom. The van der Waals surface area contributed by atoms with Crippen molar-refractivity contribution in [3.05, 3.63) is 0 Å². The minimum absolute atomic E-state index is 0.164. The summed E-state index contributed by atoms with van der Waals surface area (Å²) in [5.41, 5.74) is -2.61. The number of ether oxygens (including phenoxy) is 6. The van der Waals surface area contributed by atoms with Crippen LogP contribution in [0.1, 0.15) is 94.9 Å². The van der Waals surface area contributed by atoms with Crippen LogP contribution in [0.4, 0.5) is 0 Å². The quantitative estimate of drug-likeness (QED) is 0.146. The van der Waals surface area contributed by atoms with E-state index in [0.717, 1.165) is 0 Å². The number of aliphatic hydroxyl groups excluding tert-OH is 3. The molecule has 0 amide bonds. The molecule has 0 radical (unpaired) electrons. The molecule has 5 N–H and O–H groups in total. The van der Waals surface area contributed by atoms with Crippen LogP contribution >= 0.6 is 0 Å². The Labute approximate surface area is 304 Å². The largest absolute Gasteiger partial charge is 0.459 e. The number of hydrogen-bond acceptors (Lipinski definition) is 14. The maximum absolute atomic E-state index is 14.1. The van der Waals surface area contributed by atoms with Crippen molar-refractivity contribution in [1.29, 1.82) is 0 Å². The van der Waals surface area contributed by atoms with E-state index in [9.17, 15) is 30.4 Å². The molecule has 0 saturated carbocycles. The van der Waals surface area contributed by atoms with Crippen molar-refractivity contribution in [2.24, 2.45) is 34.7 Å². The highest BCUT2D eigenvalue weighted by molar-refractivity contribution is 5.88. The second kappa shape index (κ2) is 17.8. The number of nitrogens with zero attached hydrogens (tertiary/aromatic N) is 2. The van der Waals surface area contributed by atoms with Crippen LogP contribution in [0, 0.1) is 29.6 Å². The summed E-state index contributed by atoms with van der Waals surface area (Å²) in [4.78, 5) is 16.1. The summed E-state index contributed by atoms with van der Waals surface area (Å²) >= 11 is 0. The van der Waals surface area contributed by atoms with Crippen molar-refractivity contribution in [3.8, 4) is 0 Å². The average Bonchev–Trinajstić information content (AvgIpc) is 3.06. The van der Waals surface area contributed by atoms with Crippen LogP contribution in [0.5, 0.6) is 0 Å². The Kier molecular flexibility index (Phi) is 15.3. The minimum Gasteiger partial charge on any atom is -0.459 e. The van der Waals surface area contributed by atoms with Gasteiger partial charge in [-0.2, -0.15) is 0 Å². The number of carbonyl (C=O) groups is 1. The van der Waals surface area contributed by atoms with E-state index in [2.05, 4.69) is 5.16 Å². The summed E-state index contributed by atoms with van der Waals surface area (Å²) in [5.74, 6) is -3.64. The van der Waals surface area contributed by atoms with Crippen molar-refractivity contribution in [2.45, 2.75) is 174 Å². The summed E-state index contributed by atoms with van der Waals surface area (Å²) in [6, 6.07) is -0.229. The monoisotopic (exact) mass is 732 g/mol. The van der Waals surface area contributed by atoms with Gasteiger partial charge in [-0.1, -0.05) is 39.8 Å². The second-order valence-electron chi connectivity index (χ2n) is 16.3. The topological polar surface area (TPSA) is 189 Å². The van der Waals surface area contributed by atoms with Gasteiger partial charge in [0.25, 0.3) is 0 Å². The van der Waals surface area contributed by atoms with Crippen LogP contribution in [0.25, 0.3) is 0 Å². The van der Waals surface area contributed by atoms with E-state index in [1.54, 1.807) is 34.6 Å². The summed E-state index contributed by atoms with van der Waals surface area (Å²) in [6.45, 7) is 17.7. The van der Waals surface area contributed by atoms with E-state index in [1.165, 1.54) is 14.0 Å². The van der Waals surface area contributed by atoms with Crippen LogP contribution < -0.4 is 0 Å². The van der Waals surface area contributed by atoms with Gasteiger partial charge >= 0.3 is 5.97 Å². The molecule has 298 valence electrons. The summed E-state index contributed by atoms with van der Waals surface area (Å²) in [6.07, 6.45) is -7.43. The van der Waals surface area contributed by atoms with Gasteiger partial charge < -0.3 is 59.0 Å². The van der Waals surface area contributed by atoms with E-state index in [0.29, 0.717) is 12.8 Å². The zero-order valence-corrected chi connectivity index (χ0v) is 33.1. The molecule has 0 unspecified atom stereocenters. The summed E-state index contributed by atoms with van der Waals surface area (Å²) in [7, 11) is 5.32. The molecule has 14 heteroatoms. The SMILES string of the molecule is CC[C@H]1OC(=O)[C@H](C)[C@@H](O[C@H]2C[C@@](C)(OC)[C@@H](O)[C@H](C)O2)[C@H](C)[C@@H](O[C@@H]2O[C@H](C)C[C@H](N(C)C)[C@H]2O)[C@@H](C)C[C@@H](C)/C(=N\O)[C@H](C)[C@@H](O)[C@]1(C)O. The Morgan fingerprint density at radius 2 is 1.55 bits per heavy atom. The molecule has 14 nitrogen and oxygen atoms in total. The first-order chi connectivity index (χ1) is 23.6. The Morgan fingerprint density at radius 1 is 0.922 bits per heavy atom. The van der Waals surface area contributed by atoms with E-state index in [-0.39, 0.29) is 42.5 Å². The van der Waals surface area contributed by atoms with Gasteiger partial charge in [0.05, 0.1) is 47.8 Å². The molecule has 51 heavy (non-hydrogen) atoms. The third-order valence-electron chi connectivity index (χ3n) is 12.0. The first-order valence-corrected chi connectivity index (χ1v) is 18.7. The number of oxime groups is 1. The number of aliphatic hydroxyl groups is 4. The third kappa shape index (κ3) is 9.62. The number of rotatable bonds is 7. The average molecular weight is 733 g/mol. The predicted octanol–water partition coefficient (Wildman–Crippen LogP) is 2.93. The zero-order valence-electron chi connectivity index (χ0n) is 33.1. The van der Waals surface area contributed by atoms with Gasteiger partial charge in [0.15, 0.2) is 12.6 Å². The van der Waals surface area contributed by atoms with Gasteiger partial charge in [-0.05, 0) is 79.8 Å². The highest BCUT2D eigenvalue weighted by atomic mass is 16.7. The number of cyclic esters (lactones) is 1. The lowest BCUT2D eigenvalue weighted by atomic mass is 9.75. The molecule has 3 saturated heterocycles. The lowest BCUT2D eigenvalue weighted by molar-refractivity contribution is -0.309. The number of hydrogen-bond donors (Lipinski definition) is 5. The molecule has 0 aromatic rings. The molecule has 3 heterocycles. The molecule has 3 aliphatic rings. The molecule has 0 bridgehead atoms. The number of carbonyl (C=O) groups excluding carboxylic acids is 1. The van der Waals surface area contributed by atoms with Gasteiger partial charge in [-0.15, -0.1) is 0 Å². The Hall–Kier alpha value is -1.46. The molecule has 0 aromatic carbocycles. The molecule has 3 rings (SSSR count). The highest BCUT2D eigenvalue weighted by Gasteiger charge is 2.51. The zero-order chi connectivity index (χ0) is 38.7. The van der Waals surface area contributed by atoms with Crippen LogP contribution in [-0.4, -0.2) is 142 Å². The van der Waals surface area contributed by atoms with Crippen molar-refractivity contribution in [3.63, 3.8) is 0 Å². The van der Waals surface area contributed by atoms with Crippen LogP contribution in [0.3, 0.4) is 0 Å². The van der Waals surface area contributed by atoms with Gasteiger partial charge in [-0.25, -0.2) is 0 Å². The maximum atomic E-state index is 14.1. The van der Waals surface area contributed by atoms with Crippen LogP contribution in [-0.2, 0) is 33.2 Å². The smallest absolute Gasteiger partial charge is 0.311 e. The van der Waals surface area contributed by atoms with Crippen LogP contribution in [0.2, 0.25) is 0 Å².